The Balaban J connectivity index is -0.000000337. The SMILES string of the molecule is CCC[N-]CCC.CCC[N-]CCC.CCC[N-]CCC.[Ti+4].c1ccc2[cH-]ccc2c1. The van der Waals surface area contributed by atoms with Crippen LogP contribution < -0.4 is 0 Å². The number of benzene rings is 1. The average molecular weight is 464 g/mol. The predicted molar refractivity (Wildman–Crippen MR) is 141 cm³/mol. The molecule has 2 aromatic carbocycles. The van der Waals surface area contributed by atoms with Crippen LogP contribution in [0.15, 0.2) is 42.5 Å². The molecular formula is C27H49N3Ti. The van der Waals surface area contributed by atoms with E-state index in [0.29, 0.717) is 0 Å². The number of hydrogen-bond acceptors (Lipinski definition) is 0. The molecule has 0 amide bonds. The molecule has 0 unspecified atom stereocenters. The van der Waals surface area contributed by atoms with Gasteiger partial charge >= 0.3 is 21.7 Å². The van der Waals surface area contributed by atoms with Gasteiger partial charge in [0.05, 0.1) is 0 Å². The van der Waals surface area contributed by atoms with Crippen LogP contribution in [0, 0.1) is 0 Å². The van der Waals surface area contributed by atoms with E-state index in [2.05, 4.69) is 100.0 Å². The van der Waals surface area contributed by atoms with Crippen LogP contribution in [0.25, 0.3) is 26.7 Å². The average Bonchev–Trinajstić information content (AvgIpc) is 3.25. The van der Waals surface area contributed by atoms with Crippen LogP contribution in [0.4, 0.5) is 0 Å². The molecule has 0 atom stereocenters. The first-order chi connectivity index (χ1) is 14.7. The van der Waals surface area contributed by atoms with Gasteiger partial charge in [0.15, 0.2) is 0 Å². The summed E-state index contributed by atoms with van der Waals surface area (Å²) in [6.45, 7) is 19.2. The van der Waals surface area contributed by atoms with Crippen molar-refractivity contribution in [3.05, 3.63) is 58.4 Å². The number of nitrogens with zero attached hydrogens (tertiary/aromatic N) is 3. The molecule has 176 valence electrons. The summed E-state index contributed by atoms with van der Waals surface area (Å²) in [5.41, 5.74) is 0. The van der Waals surface area contributed by atoms with Crippen LogP contribution in [-0.4, -0.2) is 39.3 Å². The maximum Gasteiger partial charge on any atom is 4.00 e. The Morgan fingerprint density at radius 1 is 0.548 bits per heavy atom. The number of fused-ring (bicyclic) bond motifs is 1. The summed E-state index contributed by atoms with van der Waals surface area (Å²) in [6.07, 6.45) is 7.17. The monoisotopic (exact) mass is 463 g/mol. The van der Waals surface area contributed by atoms with E-state index in [4.69, 9.17) is 0 Å². The Labute approximate surface area is 209 Å². The third kappa shape index (κ3) is 27.4. The summed E-state index contributed by atoms with van der Waals surface area (Å²) in [5.74, 6) is 0. The summed E-state index contributed by atoms with van der Waals surface area (Å²) in [7, 11) is 0. The Hall–Kier alpha value is -0.576. The number of hydrogen-bond donors (Lipinski definition) is 0. The van der Waals surface area contributed by atoms with Crippen molar-refractivity contribution in [2.24, 2.45) is 0 Å². The van der Waals surface area contributed by atoms with E-state index in [1.165, 1.54) is 49.3 Å². The predicted octanol–water partition coefficient (Wildman–Crippen LogP) is 9.10. The van der Waals surface area contributed by atoms with E-state index < -0.39 is 0 Å². The fourth-order valence-corrected chi connectivity index (χ4v) is 2.35. The molecule has 31 heavy (non-hydrogen) atoms. The summed E-state index contributed by atoms with van der Waals surface area (Å²) in [4.78, 5) is 0. The van der Waals surface area contributed by atoms with Gasteiger partial charge < -0.3 is 16.0 Å². The number of rotatable bonds is 12. The zero-order valence-electron chi connectivity index (χ0n) is 21.4. The molecule has 3 nitrogen and oxygen atoms in total. The van der Waals surface area contributed by atoms with Crippen LogP contribution >= 0.6 is 0 Å². The second-order valence-electron chi connectivity index (χ2n) is 7.17. The van der Waals surface area contributed by atoms with Crippen molar-refractivity contribution >= 4 is 10.8 Å². The van der Waals surface area contributed by atoms with Gasteiger partial charge in [-0.1, -0.05) is 86.1 Å². The Morgan fingerprint density at radius 2 is 0.903 bits per heavy atom. The molecule has 0 aliphatic heterocycles. The first-order valence-corrected chi connectivity index (χ1v) is 12.2. The molecule has 0 saturated carbocycles. The molecule has 0 aromatic heterocycles. The topological polar surface area (TPSA) is 42.3 Å². The van der Waals surface area contributed by atoms with Crippen LogP contribution in [0.5, 0.6) is 0 Å². The molecule has 0 spiro atoms. The van der Waals surface area contributed by atoms with E-state index in [-0.39, 0.29) is 21.7 Å². The van der Waals surface area contributed by atoms with Crippen molar-refractivity contribution in [2.75, 3.05) is 39.3 Å². The fraction of sp³-hybridized carbons (Fsp3) is 0.667. The van der Waals surface area contributed by atoms with Gasteiger partial charge in [-0.3, -0.25) is 0 Å². The Bertz CT molecular complexity index is 462. The molecule has 4 heteroatoms. The summed E-state index contributed by atoms with van der Waals surface area (Å²) < 4.78 is 0. The third-order valence-electron chi connectivity index (χ3n) is 3.84. The fourth-order valence-electron chi connectivity index (χ4n) is 2.35. The van der Waals surface area contributed by atoms with Crippen LogP contribution in [0.2, 0.25) is 0 Å². The van der Waals surface area contributed by atoms with Crippen LogP contribution in [0.3, 0.4) is 0 Å². The molecule has 2 rings (SSSR count). The van der Waals surface area contributed by atoms with Crippen molar-refractivity contribution in [1.29, 1.82) is 0 Å². The maximum atomic E-state index is 4.21. The first kappa shape index (κ1) is 35.0. The van der Waals surface area contributed by atoms with Crippen molar-refractivity contribution in [1.82, 2.24) is 0 Å². The second kappa shape index (κ2) is 31.6. The van der Waals surface area contributed by atoms with Crippen molar-refractivity contribution in [3.63, 3.8) is 0 Å². The van der Waals surface area contributed by atoms with Crippen LogP contribution in [-0.2, 0) is 21.7 Å². The minimum atomic E-state index is 0. The van der Waals surface area contributed by atoms with E-state index in [1.54, 1.807) is 0 Å². The summed E-state index contributed by atoms with van der Waals surface area (Å²) >= 11 is 0. The van der Waals surface area contributed by atoms with Crippen molar-refractivity contribution in [2.45, 2.75) is 80.1 Å². The zero-order valence-corrected chi connectivity index (χ0v) is 22.9. The van der Waals surface area contributed by atoms with Crippen molar-refractivity contribution < 1.29 is 21.7 Å². The summed E-state index contributed by atoms with van der Waals surface area (Å²) in [6, 6.07) is 14.7. The molecule has 0 saturated heterocycles. The molecule has 0 N–H and O–H groups in total. The molecule has 2 aromatic rings. The quantitative estimate of drug-likeness (QED) is 0.171. The molecule has 0 heterocycles. The Kier molecular flexibility index (Phi) is 35.7. The minimum Gasteiger partial charge on any atom is -0.662 e. The van der Waals surface area contributed by atoms with Crippen LogP contribution in [0.1, 0.15) is 80.1 Å². The van der Waals surface area contributed by atoms with E-state index in [1.807, 2.05) is 0 Å². The molecule has 0 aliphatic rings. The van der Waals surface area contributed by atoms with Gasteiger partial charge in [0, 0.05) is 0 Å². The minimum absolute atomic E-state index is 0. The molecule has 0 fully saturated rings. The first-order valence-electron chi connectivity index (χ1n) is 12.2. The summed E-state index contributed by atoms with van der Waals surface area (Å²) in [5, 5.41) is 15.3. The second-order valence-corrected chi connectivity index (χ2v) is 7.17. The normalized spacial score (nSPS) is 9.35. The standard InChI is InChI=1S/C9H7.3C6H14N.Ti/c1-2-5-9-7-3-6-8(9)4-1;3*1-3-5-7-6-4-2;/h1-7H;3*3-6H2,1-2H3;/q4*-1;+4. The van der Waals surface area contributed by atoms with Gasteiger partial charge in [-0.25, -0.2) is 0 Å². The van der Waals surface area contributed by atoms with Gasteiger partial charge in [0.25, 0.3) is 0 Å². The van der Waals surface area contributed by atoms with E-state index >= 15 is 0 Å². The zero-order chi connectivity index (χ0) is 22.7. The molecule has 0 radical (unpaired) electrons. The third-order valence-corrected chi connectivity index (χ3v) is 3.84. The van der Waals surface area contributed by atoms with Gasteiger partial charge in [-0.2, -0.15) is 17.5 Å². The van der Waals surface area contributed by atoms with Crippen molar-refractivity contribution in [3.8, 4) is 0 Å². The largest absolute Gasteiger partial charge is 4.00 e. The van der Waals surface area contributed by atoms with Gasteiger partial charge in [-0.15, -0.1) is 68.9 Å². The van der Waals surface area contributed by atoms with Gasteiger partial charge in [-0.05, 0) is 0 Å². The van der Waals surface area contributed by atoms with E-state index in [0.717, 1.165) is 39.3 Å². The van der Waals surface area contributed by atoms with Gasteiger partial charge in [0.2, 0.25) is 0 Å². The molecule has 0 bridgehead atoms. The molecular weight excluding hydrogens is 414 g/mol. The van der Waals surface area contributed by atoms with E-state index in [9.17, 15) is 0 Å². The smallest absolute Gasteiger partial charge is 0.662 e. The maximum absolute atomic E-state index is 4.21. The Morgan fingerprint density at radius 3 is 1.23 bits per heavy atom. The van der Waals surface area contributed by atoms with Gasteiger partial charge in [0.1, 0.15) is 0 Å². The molecule has 0 aliphatic carbocycles.